The number of hydrogen-bond acceptors (Lipinski definition) is 2. The lowest BCUT2D eigenvalue weighted by atomic mass is 10.0. The Bertz CT molecular complexity index is 565. The topological polar surface area (TPSA) is 34.1 Å². The number of rotatable bonds is 4. The van der Waals surface area contributed by atoms with Gasteiger partial charge in [-0.25, -0.2) is 0 Å². The summed E-state index contributed by atoms with van der Waals surface area (Å²) in [5, 5.41) is 1.80. The van der Waals surface area contributed by atoms with E-state index in [1.165, 1.54) is 0 Å². The van der Waals surface area contributed by atoms with E-state index in [-0.39, 0.29) is 23.3 Å². The summed E-state index contributed by atoms with van der Waals surface area (Å²) >= 11 is 11.0. The van der Waals surface area contributed by atoms with Crippen LogP contribution in [0.25, 0.3) is 10.8 Å². The van der Waals surface area contributed by atoms with Crippen LogP contribution in [0.15, 0.2) is 36.4 Å². The van der Waals surface area contributed by atoms with Crippen molar-refractivity contribution in [2.45, 2.75) is 0 Å². The zero-order valence-electron chi connectivity index (χ0n) is 9.45. The smallest absolute Gasteiger partial charge is 0.177 e. The standard InChI is InChI=1S/C14H10Cl2O2/c15-7-13(17)11-3-1-9-5-12(14(18)8-16)4-2-10(9)6-11/h1-6H,7-8H2. The number of alkyl halides is 2. The van der Waals surface area contributed by atoms with Gasteiger partial charge in [0.15, 0.2) is 11.6 Å². The fraction of sp³-hybridized carbons (Fsp3) is 0.143. The number of hydrogen-bond donors (Lipinski definition) is 0. The fourth-order valence-corrected chi connectivity index (χ4v) is 2.06. The van der Waals surface area contributed by atoms with Gasteiger partial charge in [0, 0.05) is 11.1 Å². The summed E-state index contributed by atoms with van der Waals surface area (Å²) in [7, 11) is 0. The molecular weight excluding hydrogens is 271 g/mol. The zero-order valence-corrected chi connectivity index (χ0v) is 11.0. The first-order chi connectivity index (χ1) is 8.65. The molecule has 0 saturated heterocycles. The quantitative estimate of drug-likeness (QED) is 0.632. The second-order valence-corrected chi connectivity index (χ2v) is 4.42. The van der Waals surface area contributed by atoms with Crippen LogP contribution in [0.1, 0.15) is 20.7 Å². The second-order valence-electron chi connectivity index (χ2n) is 3.89. The molecule has 0 saturated carbocycles. The SMILES string of the molecule is O=C(CCl)c1ccc2cc(C(=O)CCl)ccc2c1. The molecule has 2 rings (SSSR count). The summed E-state index contributed by atoms with van der Waals surface area (Å²) < 4.78 is 0. The molecular formula is C14H10Cl2O2. The van der Waals surface area contributed by atoms with Crippen molar-refractivity contribution >= 4 is 45.5 Å². The summed E-state index contributed by atoms with van der Waals surface area (Å²) in [6.07, 6.45) is 0. The average molecular weight is 281 g/mol. The molecule has 4 heteroatoms. The predicted octanol–water partition coefficient (Wildman–Crippen LogP) is 3.68. The Morgan fingerprint density at radius 1 is 0.778 bits per heavy atom. The first-order valence-electron chi connectivity index (χ1n) is 5.38. The van der Waals surface area contributed by atoms with Crippen LogP contribution in [-0.4, -0.2) is 23.3 Å². The Kier molecular flexibility index (Phi) is 4.00. The number of benzene rings is 2. The predicted molar refractivity (Wildman–Crippen MR) is 74.0 cm³/mol. The first kappa shape index (κ1) is 13.1. The van der Waals surface area contributed by atoms with Crippen LogP contribution in [0.3, 0.4) is 0 Å². The third kappa shape index (κ3) is 2.55. The third-order valence-electron chi connectivity index (χ3n) is 2.73. The van der Waals surface area contributed by atoms with E-state index in [1.807, 2.05) is 0 Å². The number of carbonyl (C=O) groups is 2. The molecule has 0 heterocycles. The maximum atomic E-state index is 11.5. The minimum Gasteiger partial charge on any atom is -0.293 e. The highest BCUT2D eigenvalue weighted by Crippen LogP contribution is 2.19. The monoisotopic (exact) mass is 280 g/mol. The Labute approximate surface area is 115 Å². The molecule has 2 nitrogen and oxygen atoms in total. The van der Waals surface area contributed by atoms with Crippen molar-refractivity contribution in [2.24, 2.45) is 0 Å². The summed E-state index contributed by atoms with van der Waals surface area (Å²) in [5.74, 6) is -0.290. The molecule has 0 unspecified atom stereocenters. The van der Waals surface area contributed by atoms with E-state index in [9.17, 15) is 9.59 Å². The highest BCUT2D eigenvalue weighted by atomic mass is 35.5. The number of carbonyl (C=O) groups excluding carboxylic acids is 2. The van der Waals surface area contributed by atoms with E-state index < -0.39 is 0 Å². The van der Waals surface area contributed by atoms with Crippen molar-refractivity contribution in [3.05, 3.63) is 47.5 Å². The van der Waals surface area contributed by atoms with Gasteiger partial charge in [0.25, 0.3) is 0 Å². The van der Waals surface area contributed by atoms with Crippen molar-refractivity contribution in [3.8, 4) is 0 Å². The largest absolute Gasteiger partial charge is 0.293 e. The average Bonchev–Trinajstić information content (AvgIpc) is 2.44. The molecule has 0 amide bonds. The van der Waals surface area contributed by atoms with Crippen molar-refractivity contribution in [3.63, 3.8) is 0 Å². The van der Waals surface area contributed by atoms with E-state index in [1.54, 1.807) is 36.4 Å². The molecule has 0 fully saturated rings. The number of ketones is 2. The lowest BCUT2D eigenvalue weighted by Crippen LogP contribution is -2.01. The van der Waals surface area contributed by atoms with Crippen LogP contribution in [0, 0.1) is 0 Å². The molecule has 2 aromatic rings. The summed E-state index contributed by atoms with van der Waals surface area (Å²) in [6, 6.07) is 10.6. The van der Waals surface area contributed by atoms with Gasteiger partial charge in [-0.3, -0.25) is 9.59 Å². The highest BCUT2D eigenvalue weighted by molar-refractivity contribution is 6.31. The Balaban J connectivity index is 2.48. The lowest BCUT2D eigenvalue weighted by molar-refractivity contribution is 0.101. The molecule has 92 valence electrons. The van der Waals surface area contributed by atoms with E-state index in [4.69, 9.17) is 23.2 Å². The van der Waals surface area contributed by atoms with Gasteiger partial charge in [0.1, 0.15) is 0 Å². The van der Waals surface area contributed by atoms with Crippen LogP contribution < -0.4 is 0 Å². The molecule has 0 aromatic heterocycles. The van der Waals surface area contributed by atoms with Crippen molar-refractivity contribution < 1.29 is 9.59 Å². The van der Waals surface area contributed by atoms with Gasteiger partial charge in [0.05, 0.1) is 11.8 Å². The minimum absolute atomic E-state index is 0.0334. The zero-order chi connectivity index (χ0) is 13.1. The maximum absolute atomic E-state index is 11.5. The number of halogens is 2. The van der Waals surface area contributed by atoms with Crippen LogP contribution in [0.2, 0.25) is 0 Å². The van der Waals surface area contributed by atoms with E-state index in [0.717, 1.165) is 10.8 Å². The van der Waals surface area contributed by atoms with Crippen molar-refractivity contribution in [1.29, 1.82) is 0 Å². The van der Waals surface area contributed by atoms with Crippen molar-refractivity contribution in [2.75, 3.05) is 11.8 Å². The molecule has 2 aromatic carbocycles. The van der Waals surface area contributed by atoms with Gasteiger partial charge in [-0.2, -0.15) is 0 Å². The van der Waals surface area contributed by atoms with Crippen LogP contribution in [0.5, 0.6) is 0 Å². The summed E-state index contributed by atoms with van der Waals surface area (Å²) in [4.78, 5) is 23.0. The normalized spacial score (nSPS) is 10.6. The summed E-state index contributed by atoms with van der Waals surface area (Å²) in [5.41, 5.74) is 1.16. The number of Topliss-reactive ketones (excluding diaryl/α,β-unsaturated/α-hetero) is 2. The molecule has 0 bridgehead atoms. The molecule has 0 aliphatic rings. The fourth-order valence-electron chi connectivity index (χ4n) is 1.75. The minimum atomic E-state index is -0.112. The van der Waals surface area contributed by atoms with Crippen LogP contribution >= 0.6 is 23.2 Å². The lowest BCUT2D eigenvalue weighted by Gasteiger charge is -2.03. The van der Waals surface area contributed by atoms with E-state index in [2.05, 4.69) is 0 Å². The van der Waals surface area contributed by atoms with Gasteiger partial charge in [-0.1, -0.05) is 24.3 Å². The van der Waals surface area contributed by atoms with Gasteiger partial charge >= 0.3 is 0 Å². The summed E-state index contributed by atoms with van der Waals surface area (Å²) in [6.45, 7) is 0. The van der Waals surface area contributed by atoms with Gasteiger partial charge < -0.3 is 0 Å². The highest BCUT2D eigenvalue weighted by Gasteiger charge is 2.07. The second kappa shape index (κ2) is 5.51. The first-order valence-corrected chi connectivity index (χ1v) is 6.44. The molecule has 0 aliphatic heterocycles. The third-order valence-corrected chi connectivity index (χ3v) is 3.21. The van der Waals surface area contributed by atoms with Gasteiger partial charge in [0.2, 0.25) is 0 Å². The molecule has 0 N–H and O–H groups in total. The molecule has 0 radical (unpaired) electrons. The van der Waals surface area contributed by atoms with E-state index >= 15 is 0 Å². The Morgan fingerprint density at radius 3 is 1.50 bits per heavy atom. The van der Waals surface area contributed by atoms with Gasteiger partial charge in [-0.15, -0.1) is 23.2 Å². The molecule has 0 spiro atoms. The molecule has 0 atom stereocenters. The Morgan fingerprint density at radius 2 is 1.17 bits per heavy atom. The van der Waals surface area contributed by atoms with Crippen LogP contribution in [0.4, 0.5) is 0 Å². The van der Waals surface area contributed by atoms with Gasteiger partial charge in [-0.05, 0) is 22.9 Å². The molecule has 18 heavy (non-hydrogen) atoms. The maximum Gasteiger partial charge on any atom is 0.177 e. The van der Waals surface area contributed by atoms with Crippen LogP contribution in [-0.2, 0) is 0 Å². The van der Waals surface area contributed by atoms with Crippen molar-refractivity contribution in [1.82, 2.24) is 0 Å². The Hall–Kier alpha value is -1.38. The van der Waals surface area contributed by atoms with E-state index in [0.29, 0.717) is 11.1 Å². The number of fused-ring (bicyclic) bond motifs is 1. The molecule has 0 aliphatic carbocycles.